The van der Waals surface area contributed by atoms with Crippen LogP contribution >= 0.6 is 0 Å². The Morgan fingerprint density at radius 3 is 2.62 bits per heavy atom. The number of allylic oxidation sites excluding steroid dienone is 1. The summed E-state index contributed by atoms with van der Waals surface area (Å²) in [6.07, 6.45) is 3.71. The summed E-state index contributed by atoms with van der Waals surface area (Å²) in [4.78, 5) is 11.4. The smallest absolute Gasteiger partial charge is 0.286 e. The molecule has 0 saturated carbocycles. The fourth-order valence-corrected chi connectivity index (χ4v) is 1.19. The van der Waals surface area contributed by atoms with E-state index in [2.05, 4.69) is 0 Å². The Balaban J connectivity index is 3.50. The second-order valence-electron chi connectivity index (χ2n) is 2.98. The minimum absolute atomic E-state index is 0.354. The van der Waals surface area contributed by atoms with Crippen LogP contribution in [0.5, 0.6) is 0 Å². The lowest BCUT2D eigenvalue weighted by Crippen LogP contribution is -2.22. The van der Waals surface area contributed by atoms with Gasteiger partial charge >= 0.3 is 0 Å². The van der Waals surface area contributed by atoms with E-state index in [4.69, 9.17) is 0 Å². The first-order chi connectivity index (χ1) is 6.07. The molecule has 0 aromatic carbocycles. The predicted molar refractivity (Wildman–Crippen MR) is 52.1 cm³/mol. The third-order valence-electron chi connectivity index (χ3n) is 1.99. The molecule has 0 aliphatic heterocycles. The molecule has 1 aromatic heterocycles. The highest BCUT2D eigenvalue weighted by atomic mass is 16.5. The number of rotatable bonds is 1. The van der Waals surface area contributed by atoms with Gasteiger partial charge in [0.05, 0.1) is 5.69 Å². The van der Waals surface area contributed by atoms with Crippen LogP contribution in [0.25, 0.3) is 6.08 Å². The van der Waals surface area contributed by atoms with E-state index in [0.717, 1.165) is 5.56 Å². The molecule has 0 amide bonds. The summed E-state index contributed by atoms with van der Waals surface area (Å²) < 4.78 is 0.669. The Morgan fingerprint density at radius 2 is 2.08 bits per heavy atom. The lowest BCUT2D eigenvalue weighted by molar-refractivity contribution is 0.167. The molecule has 0 fully saturated rings. The van der Waals surface area contributed by atoms with Crippen molar-refractivity contribution in [3.05, 3.63) is 39.3 Å². The van der Waals surface area contributed by atoms with Crippen molar-refractivity contribution in [3.8, 4) is 0 Å². The molecule has 13 heavy (non-hydrogen) atoms. The molecule has 0 aliphatic rings. The molecule has 1 N–H and O–H groups in total. The molecule has 1 aromatic rings. The maximum Gasteiger partial charge on any atom is 0.286 e. The van der Waals surface area contributed by atoms with Crippen LogP contribution in [-0.2, 0) is 0 Å². The Kier molecular flexibility index (Phi) is 2.56. The summed E-state index contributed by atoms with van der Waals surface area (Å²) in [5.41, 5.74) is 1.61. The van der Waals surface area contributed by atoms with Gasteiger partial charge in [-0.1, -0.05) is 12.2 Å². The average Bonchev–Trinajstić information content (AvgIpc) is 2.11. The van der Waals surface area contributed by atoms with Gasteiger partial charge in [0.25, 0.3) is 5.56 Å². The second-order valence-corrected chi connectivity index (χ2v) is 2.98. The Labute approximate surface area is 76.9 Å². The van der Waals surface area contributed by atoms with Gasteiger partial charge in [-0.25, -0.2) is 0 Å². The SMILES string of the molecule is CC=Cc1cc(C)n(O)c(=O)c1C. The van der Waals surface area contributed by atoms with E-state index in [1.165, 1.54) is 0 Å². The summed E-state index contributed by atoms with van der Waals surface area (Å²) >= 11 is 0. The lowest BCUT2D eigenvalue weighted by atomic mass is 10.1. The van der Waals surface area contributed by atoms with E-state index in [1.807, 2.05) is 19.1 Å². The zero-order valence-electron chi connectivity index (χ0n) is 8.03. The molecule has 0 saturated heterocycles. The van der Waals surface area contributed by atoms with Crippen molar-refractivity contribution in [2.24, 2.45) is 0 Å². The molecule has 3 nitrogen and oxygen atoms in total. The quantitative estimate of drug-likeness (QED) is 0.667. The minimum atomic E-state index is -0.354. The molecule has 0 atom stereocenters. The van der Waals surface area contributed by atoms with Crippen molar-refractivity contribution in [3.63, 3.8) is 0 Å². The topological polar surface area (TPSA) is 42.2 Å². The fraction of sp³-hybridized carbons (Fsp3) is 0.300. The van der Waals surface area contributed by atoms with Gasteiger partial charge in [0.2, 0.25) is 0 Å². The number of aromatic nitrogens is 1. The highest BCUT2D eigenvalue weighted by molar-refractivity contribution is 5.52. The third kappa shape index (κ3) is 1.64. The van der Waals surface area contributed by atoms with Crippen LogP contribution in [-0.4, -0.2) is 9.94 Å². The Hall–Kier alpha value is -1.51. The number of hydrogen-bond acceptors (Lipinski definition) is 2. The van der Waals surface area contributed by atoms with Crippen LogP contribution in [0.2, 0.25) is 0 Å². The van der Waals surface area contributed by atoms with E-state index in [1.54, 1.807) is 19.9 Å². The van der Waals surface area contributed by atoms with Crippen LogP contribution in [0.15, 0.2) is 16.9 Å². The van der Waals surface area contributed by atoms with Crippen LogP contribution in [0.1, 0.15) is 23.7 Å². The second kappa shape index (κ2) is 3.47. The highest BCUT2D eigenvalue weighted by Crippen LogP contribution is 2.07. The van der Waals surface area contributed by atoms with Gasteiger partial charge in [-0.2, -0.15) is 4.73 Å². The standard InChI is InChI=1S/C10H13NO2/c1-4-5-9-6-7(2)11(13)10(12)8(9)3/h4-6,13H,1-3H3. The van der Waals surface area contributed by atoms with Crippen molar-refractivity contribution >= 4 is 6.08 Å². The number of hydrogen-bond donors (Lipinski definition) is 1. The molecular formula is C10H13NO2. The van der Waals surface area contributed by atoms with Gasteiger partial charge in [0, 0.05) is 5.56 Å². The molecule has 0 radical (unpaired) electrons. The number of nitrogens with zero attached hydrogens (tertiary/aromatic N) is 1. The van der Waals surface area contributed by atoms with E-state index in [-0.39, 0.29) is 5.56 Å². The first kappa shape index (κ1) is 9.58. The molecule has 0 bridgehead atoms. The minimum Gasteiger partial charge on any atom is -0.425 e. The zero-order chi connectivity index (χ0) is 10.0. The third-order valence-corrected chi connectivity index (χ3v) is 1.99. The summed E-state index contributed by atoms with van der Waals surface area (Å²) in [5, 5.41) is 9.26. The maximum atomic E-state index is 11.4. The maximum absolute atomic E-state index is 11.4. The Bertz CT molecular complexity index is 402. The van der Waals surface area contributed by atoms with Crippen molar-refractivity contribution in [2.45, 2.75) is 20.8 Å². The van der Waals surface area contributed by atoms with Crippen molar-refractivity contribution in [2.75, 3.05) is 0 Å². The Morgan fingerprint density at radius 1 is 1.46 bits per heavy atom. The fourth-order valence-electron chi connectivity index (χ4n) is 1.19. The van der Waals surface area contributed by atoms with Crippen LogP contribution in [0.3, 0.4) is 0 Å². The van der Waals surface area contributed by atoms with Crippen LogP contribution in [0, 0.1) is 13.8 Å². The molecule has 0 aliphatic carbocycles. The molecule has 0 unspecified atom stereocenters. The van der Waals surface area contributed by atoms with E-state index >= 15 is 0 Å². The predicted octanol–water partition coefficient (Wildman–Crippen LogP) is 1.74. The largest absolute Gasteiger partial charge is 0.425 e. The van der Waals surface area contributed by atoms with E-state index < -0.39 is 0 Å². The van der Waals surface area contributed by atoms with Gasteiger partial charge in [-0.3, -0.25) is 4.79 Å². The van der Waals surface area contributed by atoms with E-state index in [9.17, 15) is 10.0 Å². The summed E-state index contributed by atoms with van der Waals surface area (Å²) in [6.45, 7) is 5.27. The normalized spacial score (nSPS) is 11.0. The lowest BCUT2D eigenvalue weighted by Gasteiger charge is -2.05. The number of pyridine rings is 1. The van der Waals surface area contributed by atoms with Crippen LogP contribution < -0.4 is 5.56 Å². The van der Waals surface area contributed by atoms with Gasteiger partial charge in [0.15, 0.2) is 0 Å². The first-order valence-corrected chi connectivity index (χ1v) is 4.13. The molecule has 0 spiro atoms. The molecular weight excluding hydrogens is 166 g/mol. The summed E-state index contributed by atoms with van der Waals surface area (Å²) in [5.74, 6) is 0. The zero-order valence-corrected chi connectivity index (χ0v) is 8.03. The van der Waals surface area contributed by atoms with Gasteiger partial charge < -0.3 is 5.21 Å². The highest BCUT2D eigenvalue weighted by Gasteiger charge is 2.05. The van der Waals surface area contributed by atoms with Crippen molar-refractivity contribution in [1.82, 2.24) is 4.73 Å². The van der Waals surface area contributed by atoms with Gasteiger partial charge in [0.1, 0.15) is 0 Å². The molecule has 1 rings (SSSR count). The molecule has 3 heteroatoms. The van der Waals surface area contributed by atoms with Crippen LogP contribution in [0.4, 0.5) is 0 Å². The molecule has 70 valence electrons. The van der Waals surface area contributed by atoms with E-state index in [0.29, 0.717) is 16.0 Å². The number of aryl methyl sites for hydroxylation is 1. The van der Waals surface area contributed by atoms with Gasteiger partial charge in [-0.05, 0) is 32.4 Å². The van der Waals surface area contributed by atoms with Gasteiger partial charge in [-0.15, -0.1) is 0 Å². The monoisotopic (exact) mass is 179 g/mol. The first-order valence-electron chi connectivity index (χ1n) is 4.13. The average molecular weight is 179 g/mol. The van der Waals surface area contributed by atoms with Crippen molar-refractivity contribution in [1.29, 1.82) is 0 Å². The summed E-state index contributed by atoms with van der Waals surface area (Å²) in [6, 6.07) is 1.77. The molecule has 1 heterocycles. The summed E-state index contributed by atoms with van der Waals surface area (Å²) in [7, 11) is 0. The van der Waals surface area contributed by atoms with Crippen molar-refractivity contribution < 1.29 is 5.21 Å².